The van der Waals surface area contributed by atoms with Gasteiger partial charge in [-0.25, -0.2) is 12.8 Å². The Balaban J connectivity index is 1.24. The van der Waals surface area contributed by atoms with Crippen LogP contribution >= 0.6 is 0 Å². The zero-order valence-corrected chi connectivity index (χ0v) is 20.9. The highest BCUT2D eigenvalue weighted by atomic mass is 32.2. The maximum atomic E-state index is 14.6. The lowest BCUT2D eigenvalue weighted by Gasteiger charge is -2.36. The molecule has 1 N–H and O–H groups in total. The van der Waals surface area contributed by atoms with E-state index in [1.54, 1.807) is 12.1 Å². The fourth-order valence-corrected chi connectivity index (χ4v) is 6.95. The van der Waals surface area contributed by atoms with Gasteiger partial charge in [0.2, 0.25) is 21.8 Å². The summed E-state index contributed by atoms with van der Waals surface area (Å²) in [6, 6.07) is 6.52. The lowest BCUT2D eigenvalue weighted by atomic mass is 10.0. The zero-order valence-electron chi connectivity index (χ0n) is 20.1. The second kappa shape index (κ2) is 9.10. The van der Waals surface area contributed by atoms with Crippen molar-refractivity contribution in [3.8, 4) is 0 Å². The van der Waals surface area contributed by atoms with E-state index in [0.717, 1.165) is 6.07 Å². The summed E-state index contributed by atoms with van der Waals surface area (Å²) in [5.74, 6) is -1.98. The van der Waals surface area contributed by atoms with E-state index >= 15 is 0 Å². The Morgan fingerprint density at radius 3 is 2.53 bits per heavy atom. The molecule has 3 aliphatic rings. The number of piperazine rings is 1. The monoisotopic (exact) mass is 538 g/mol. The largest absolute Gasteiger partial charge is 0.369 e. The van der Waals surface area contributed by atoms with E-state index in [1.807, 2.05) is 4.90 Å². The van der Waals surface area contributed by atoms with Crippen LogP contribution in [0.25, 0.3) is 11.0 Å². The molecule has 1 unspecified atom stereocenters. The van der Waals surface area contributed by atoms with E-state index < -0.39 is 33.7 Å². The Morgan fingerprint density at radius 1 is 1.00 bits per heavy atom. The lowest BCUT2D eigenvalue weighted by molar-refractivity contribution is -0.136. The number of rotatable bonds is 4. The van der Waals surface area contributed by atoms with E-state index in [2.05, 4.69) is 15.3 Å². The minimum absolute atomic E-state index is 0.0775. The van der Waals surface area contributed by atoms with Crippen molar-refractivity contribution < 1.29 is 27.2 Å². The van der Waals surface area contributed by atoms with Crippen molar-refractivity contribution in [2.75, 3.05) is 31.1 Å². The minimum Gasteiger partial charge on any atom is -0.369 e. The first kappa shape index (κ1) is 24.4. The van der Waals surface area contributed by atoms with Gasteiger partial charge < -0.3 is 9.80 Å². The second-order valence-electron chi connectivity index (χ2n) is 9.42. The summed E-state index contributed by atoms with van der Waals surface area (Å²) < 4.78 is 42.9. The normalized spacial score (nSPS) is 20.7. The predicted octanol–water partition coefficient (Wildman–Crippen LogP) is 1.04. The molecular formula is C25H23FN6O5S. The van der Waals surface area contributed by atoms with Gasteiger partial charge in [0, 0.05) is 68.4 Å². The van der Waals surface area contributed by atoms with Gasteiger partial charge in [0.15, 0.2) is 0 Å². The molecule has 0 saturated carbocycles. The number of nitrogens with zero attached hydrogens (tertiary/aromatic N) is 5. The van der Waals surface area contributed by atoms with Gasteiger partial charge in [0.25, 0.3) is 5.91 Å². The lowest BCUT2D eigenvalue weighted by Crippen LogP contribution is -2.52. The average molecular weight is 539 g/mol. The first-order valence-corrected chi connectivity index (χ1v) is 13.6. The van der Waals surface area contributed by atoms with Gasteiger partial charge >= 0.3 is 0 Å². The summed E-state index contributed by atoms with van der Waals surface area (Å²) in [5.41, 5.74) is 2.03. The second-order valence-corrected chi connectivity index (χ2v) is 11.3. The molecular weight excluding hydrogens is 515 g/mol. The minimum atomic E-state index is -3.86. The first-order valence-electron chi connectivity index (χ1n) is 12.2. The summed E-state index contributed by atoms with van der Waals surface area (Å²) in [6.45, 7) is 0.948. The van der Waals surface area contributed by atoms with Crippen LogP contribution in [0.4, 0.5) is 10.1 Å². The smallest absolute Gasteiger partial charge is 0.255 e. The van der Waals surface area contributed by atoms with Crippen LogP contribution in [-0.4, -0.2) is 77.5 Å². The zero-order chi connectivity index (χ0) is 26.6. The average Bonchev–Trinajstić information content (AvgIpc) is 3.23. The molecule has 196 valence electrons. The van der Waals surface area contributed by atoms with Crippen LogP contribution < -0.4 is 10.2 Å². The molecule has 3 aliphatic heterocycles. The van der Waals surface area contributed by atoms with Gasteiger partial charge in [-0.2, -0.15) is 4.31 Å². The maximum Gasteiger partial charge on any atom is 0.255 e. The van der Waals surface area contributed by atoms with Crippen molar-refractivity contribution in [1.82, 2.24) is 24.5 Å². The summed E-state index contributed by atoms with van der Waals surface area (Å²) in [4.78, 5) is 48.8. The number of anilines is 1. The van der Waals surface area contributed by atoms with Crippen molar-refractivity contribution >= 4 is 44.5 Å². The van der Waals surface area contributed by atoms with Crippen LogP contribution in [-0.2, 0) is 26.2 Å². The number of carbonyl (C=O) groups excluding carboxylic acids is 3. The SMILES string of the molecule is O=C1CCC(N2Cc3c(cc(F)cc3N3CCN(S(=O)(=O)c4cccc5nccnc45)CC3)C2=O)C(=O)N1. The predicted molar refractivity (Wildman–Crippen MR) is 133 cm³/mol. The Kier molecular flexibility index (Phi) is 5.83. The third-order valence-corrected chi connectivity index (χ3v) is 9.19. The highest BCUT2D eigenvalue weighted by molar-refractivity contribution is 7.89. The number of sulfonamides is 1. The Labute approximate surface area is 217 Å². The molecule has 0 bridgehead atoms. The number of nitrogens with one attached hydrogen (secondary N) is 1. The molecule has 2 aromatic carbocycles. The van der Waals surface area contributed by atoms with E-state index in [4.69, 9.17) is 0 Å². The number of carbonyl (C=O) groups is 3. The Hall–Kier alpha value is -3.97. The number of aromatic nitrogens is 2. The first-order chi connectivity index (χ1) is 18.2. The number of para-hydroxylation sites is 1. The van der Waals surface area contributed by atoms with E-state index in [0.29, 0.717) is 22.3 Å². The van der Waals surface area contributed by atoms with E-state index in [1.165, 1.54) is 33.7 Å². The van der Waals surface area contributed by atoms with Crippen LogP contribution in [0.2, 0.25) is 0 Å². The topological polar surface area (TPSA) is 133 Å². The number of benzene rings is 2. The number of imide groups is 1. The van der Waals surface area contributed by atoms with Gasteiger partial charge in [0.05, 0.1) is 5.52 Å². The van der Waals surface area contributed by atoms with Crippen molar-refractivity contribution in [1.29, 1.82) is 0 Å². The number of fused-ring (bicyclic) bond motifs is 2. The number of hydrogen-bond donors (Lipinski definition) is 1. The van der Waals surface area contributed by atoms with Crippen LogP contribution in [0.3, 0.4) is 0 Å². The molecule has 13 heteroatoms. The van der Waals surface area contributed by atoms with Crippen LogP contribution in [0.1, 0.15) is 28.8 Å². The molecule has 11 nitrogen and oxygen atoms in total. The summed E-state index contributed by atoms with van der Waals surface area (Å²) in [7, 11) is -3.86. The van der Waals surface area contributed by atoms with Crippen molar-refractivity contribution in [3.63, 3.8) is 0 Å². The van der Waals surface area contributed by atoms with Gasteiger partial charge in [-0.3, -0.25) is 29.7 Å². The molecule has 3 amide bonds. The van der Waals surface area contributed by atoms with Gasteiger partial charge in [-0.1, -0.05) is 6.07 Å². The van der Waals surface area contributed by atoms with Crippen molar-refractivity contribution in [2.24, 2.45) is 0 Å². The fourth-order valence-electron chi connectivity index (χ4n) is 5.37. The van der Waals surface area contributed by atoms with Crippen molar-refractivity contribution in [2.45, 2.75) is 30.3 Å². The number of amides is 3. The summed E-state index contributed by atoms with van der Waals surface area (Å²) in [6.07, 6.45) is 3.28. The molecule has 2 fully saturated rings. The maximum absolute atomic E-state index is 14.6. The highest BCUT2D eigenvalue weighted by Crippen LogP contribution is 2.36. The van der Waals surface area contributed by atoms with Crippen LogP contribution in [0, 0.1) is 5.82 Å². The number of piperidine rings is 1. The van der Waals surface area contributed by atoms with Gasteiger partial charge in [-0.15, -0.1) is 0 Å². The van der Waals surface area contributed by atoms with Crippen LogP contribution in [0.15, 0.2) is 47.6 Å². The Morgan fingerprint density at radius 2 is 1.76 bits per heavy atom. The molecule has 38 heavy (non-hydrogen) atoms. The molecule has 0 radical (unpaired) electrons. The molecule has 4 heterocycles. The number of halogens is 1. The molecule has 2 saturated heterocycles. The highest BCUT2D eigenvalue weighted by Gasteiger charge is 2.41. The van der Waals surface area contributed by atoms with E-state index in [9.17, 15) is 27.2 Å². The van der Waals surface area contributed by atoms with E-state index in [-0.39, 0.29) is 61.9 Å². The molecule has 1 atom stereocenters. The fraction of sp³-hybridized carbons (Fsp3) is 0.320. The molecule has 0 spiro atoms. The molecule has 1 aromatic heterocycles. The van der Waals surface area contributed by atoms with Crippen molar-refractivity contribution in [3.05, 3.63) is 59.7 Å². The number of hydrogen-bond acceptors (Lipinski definition) is 8. The molecule has 6 rings (SSSR count). The molecule has 3 aromatic rings. The summed E-state index contributed by atoms with van der Waals surface area (Å²) >= 11 is 0. The van der Waals surface area contributed by atoms with Crippen LogP contribution in [0.5, 0.6) is 0 Å². The quantitative estimate of drug-likeness (QED) is 0.488. The summed E-state index contributed by atoms with van der Waals surface area (Å²) in [5, 5.41) is 2.26. The van der Waals surface area contributed by atoms with Gasteiger partial charge in [-0.05, 0) is 30.7 Å². The molecule has 0 aliphatic carbocycles. The third kappa shape index (κ3) is 3.98. The van der Waals surface area contributed by atoms with Gasteiger partial charge in [0.1, 0.15) is 22.3 Å². The third-order valence-electron chi connectivity index (χ3n) is 7.26. The Bertz CT molecular complexity index is 1600. The standard InChI is InChI=1S/C25H23FN6O5S/c26-15-12-16-17(14-32(25(16)35)19-4-5-22(33)29-24(19)34)20(13-15)30-8-10-31(11-9-30)38(36,37)21-3-1-2-18-23(21)28-7-6-27-18/h1-3,6-7,12-13,19H,4-5,8-11,14H2,(H,29,33,34).